The molecule has 0 spiro atoms. The van der Waals surface area contributed by atoms with E-state index in [1.165, 1.54) is 12.8 Å². The van der Waals surface area contributed by atoms with Gasteiger partial charge in [0.05, 0.1) is 5.75 Å². The number of hydrogen-bond donors (Lipinski definition) is 1. The first-order valence-electron chi connectivity index (χ1n) is 7.27. The fourth-order valence-corrected chi connectivity index (χ4v) is 4.04. The highest BCUT2D eigenvalue weighted by Gasteiger charge is 2.36. The maximum absolute atomic E-state index is 12.3. The average molecular weight is 328 g/mol. The van der Waals surface area contributed by atoms with E-state index in [2.05, 4.69) is 10.3 Å². The van der Waals surface area contributed by atoms with Crippen molar-refractivity contribution < 1.29 is 4.79 Å². The maximum atomic E-state index is 12.3. The number of nitrogens with zero attached hydrogens (tertiary/aromatic N) is 2. The Labute approximate surface area is 136 Å². The number of aromatic nitrogens is 1. The van der Waals surface area contributed by atoms with Crippen LogP contribution < -0.4 is 5.32 Å². The largest absolute Gasteiger partial charge is 0.342 e. The zero-order chi connectivity index (χ0) is 13.9. The van der Waals surface area contributed by atoms with E-state index < -0.39 is 0 Å². The second-order valence-electron chi connectivity index (χ2n) is 5.74. The molecule has 2 aliphatic rings. The summed E-state index contributed by atoms with van der Waals surface area (Å²) in [6.07, 6.45) is 8.29. The molecule has 2 bridgehead atoms. The molecule has 116 valence electrons. The topological polar surface area (TPSA) is 45.2 Å². The SMILES string of the molecule is CN(C(=O)CSc1ccncc1)C1CC2CCC(C1)N2.Cl. The number of hydrogen-bond acceptors (Lipinski definition) is 4. The van der Waals surface area contributed by atoms with Gasteiger partial charge in [0.2, 0.25) is 5.91 Å². The third-order valence-electron chi connectivity index (χ3n) is 4.40. The zero-order valence-electron chi connectivity index (χ0n) is 12.2. The molecule has 0 aromatic carbocycles. The lowest BCUT2D eigenvalue weighted by Crippen LogP contribution is -2.49. The second kappa shape index (κ2) is 7.47. The van der Waals surface area contributed by atoms with Gasteiger partial charge in [-0.1, -0.05) is 0 Å². The Morgan fingerprint density at radius 3 is 2.57 bits per heavy atom. The van der Waals surface area contributed by atoms with Crippen LogP contribution in [0.5, 0.6) is 0 Å². The lowest BCUT2D eigenvalue weighted by Gasteiger charge is -2.35. The fourth-order valence-electron chi connectivity index (χ4n) is 3.23. The molecule has 2 saturated heterocycles. The first-order chi connectivity index (χ1) is 9.72. The Balaban J connectivity index is 0.00000161. The number of amides is 1. The summed E-state index contributed by atoms with van der Waals surface area (Å²) in [5.41, 5.74) is 0. The molecular weight excluding hydrogens is 306 g/mol. The highest BCUT2D eigenvalue weighted by atomic mass is 35.5. The molecule has 1 aromatic rings. The molecule has 2 aliphatic heterocycles. The number of carbonyl (C=O) groups is 1. The van der Waals surface area contributed by atoms with Crippen molar-refractivity contribution in [3.05, 3.63) is 24.5 Å². The Morgan fingerprint density at radius 1 is 1.33 bits per heavy atom. The molecule has 4 nitrogen and oxygen atoms in total. The highest BCUT2D eigenvalue weighted by molar-refractivity contribution is 8.00. The number of rotatable bonds is 4. The van der Waals surface area contributed by atoms with E-state index in [1.807, 2.05) is 24.1 Å². The first-order valence-corrected chi connectivity index (χ1v) is 8.25. The summed E-state index contributed by atoms with van der Waals surface area (Å²) in [5, 5.41) is 3.62. The standard InChI is InChI=1S/C15H21N3OS.ClH/c1-18(13-8-11-2-3-12(9-13)17-11)15(19)10-20-14-4-6-16-7-5-14;/h4-7,11-13,17H,2-3,8-10H2,1H3;1H. The molecule has 2 atom stereocenters. The Bertz CT molecular complexity index is 461. The van der Waals surface area contributed by atoms with Crippen molar-refractivity contribution in [3.63, 3.8) is 0 Å². The number of fused-ring (bicyclic) bond motifs is 2. The number of thioether (sulfide) groups is 1. The molecule has 0 saturated carbocycles. The van der Waals surface area contributed by atoms with Gasteiger partial charge in [0.1, 0.15) is 0 Å². The van der Waals surface area contributed by atoms with Gasteiger partial charge in [-0.2, -0.15) is 0 Å². The predicted molar refractivity (Wildman–Crippen MR) is 87.9 cm³/mol. The van der Waals surface area contributed by atoms with Gasteiger partial charge in [-0.25, -0.2) is 0 Å². The molecule has 2 fully saturated rings. The molecule has 1 amide bonds. The van der Waals surface area contributed by atoms with Crippen molar-refractivity contribution in [1.82, 2.24) is 15.2 Å². The maximum Gasteiger partial charge on any atom is 0.232 e. The quantitative estimate of drug-likeness (QED) is 0.862. The summed E-state index contributed by atoms with van der Waals surface area (Å²) in [5.74, 6) is 0.748. The van der Waals surface area contributed by atoms with Crippen LogP contribution in [0.1, 0.15) is 25.7 Å². The van der Waals surface area contributed by atoms with Crippen LogP contribution in [0, 0.1) is 0 Å². The van der Waals surface area contributed by atoms with Crippen molar-refractivity contribution in [3.8, 4) is 0 Å². The lowest BCUT2D eigenvalue weighted by atomic mass is 9.98. The minimum Gasteiger partial charge on any atom is -0.342 e. The number of piperidine rings is 1. The van der Waals surface area contributed by atoms with Gasteiger partial charge in [-0.3, -0.25) is 9.78 Å². The molecule has 1 N–H and O–H groups in total. The molecule has 3 heterocycles. The van der Waals surface area contributed by atoms with E-state index in [9.17, 15) is 4.79 Å². The van der Waals surface area contributed by atoms with Crippen LogP contribution in [0.2, 0.25) is 0 Å². The van der Waals surface area contributed by atoms with Crippen LogP contribution in [-0.2, 0) is 4.79 Å². The van der Waals surface area contributed by atoms with Crippen molar-refractivity contribution in [2.75, 3.05) is 12.8 Å². The van der Waals surface area contributed by atoms with E-state index in [0.717, 1.165) is 17.7 Å². The van der Waals surface area contributed by atoms with Crippen LogP contribution in [0.15, 0.2) is 29.4 Å². The van der Waals surface area contributed by atoms with Crippen molar-refractivity contribution in [2.24, 2.45) is 0 Å². The van der Waals surface area contributed by atoms with Gasteiger partial charge in [-0.15, -0.1) is 24.2 Å². The Kier molecular flexibility index (Phi) is 5.90. The molecule has 21 heavy (non-hydrogen) atoms. The number of pyridine rings is 1. The van der Waals surface area contributed by atoms with Crippen molar-refractivity contribution in [1.29, 1.82) is 0 Å². The third-order valence-corrected chi connectivity index (χ3v) is 5.40. The van der Waals surface area contributed by atoms with Gasteiger partial charge < -0.3 is 10.2 Å². The summed E-state index contributed by atoms with van der Waals surface area (Å²) in [4.78, 5) is 19.4. The molecule has 0 radical (unpaired) electrons. The molecule has 0 aliphatic carbocycles. The van der Waals surface area contributed by atoms with E-state index in [1.54, 1.807) is 24.2 Å². The van der Waals surface area contributed by atoms with Gasteiger partial charge in [0, 0.05) is 42.5 Å². The predicted octanol–water partition coefficient (Wildman–Crippen LogP) is 2.34. The number of nitrogens with one attached hydrogen (secondary N) is 1. The van der Waals surface area contributed by atoms with Crippen LogP contribution in [0.3, 0.4) is 0 Å². The molecule has 1 aromatic heterocycles. The summed E-state index contributed by atoms with van der Waals surface area (Å²) in [7, 11) is 1.96. The summed E-state index contributed by atoms with van der Waals surface area (Å²) < 4.78 is 0. The monoisotopic (exact) mass is 327 g/mol. The van der Waals surface area contributed by atoms with Crippen LogP contribution in [0.25, 0.3) is 0 Å². The number of carbonyl (C=O) groups excluding carboxylic acids is 1. The van der Waals surface area contributed by atoms with Gasteiger partial charge in [0.15, 0.2) is 0 Å². The van der Waals surface area contributed by atoms with Crippen LogP contribution in [-0.4, -0.2) is 46.7 Å². The fraction of sp³-hybridized carbons (Fsp3) is 0.600. The lowest BCUT2D eigenvalue weighted by molar-refractivity contribution is -0.129. The average Bonchev–Trinajstić information content (AvgIpc) is 2.83. The summed E-state index contributed by atoms with van der Waals surface area (Å²) in [6, 6.07) is 5.56. The minimum absolute atomic E-state index is 0. The smallest absolute Gasteiger partial charge is 0.232 e. The van der Waals surface area contributed by atoms with Crippen molar-refractivity contribution in [2.45, 2.75) is 48.7 Å². The highest BCUT2D eigenvalue weighted by Crippen LogP contribution is 2.29. The Hall–Kier alpha value is -0.780. The second-order valence-corrected chi connectivity index (χ2v) is 6.79. The van der Waals surface area contributed by atoms with E-state index in [-0.39, 0.29) is 18.3 Å². The van der Waals surface area contributed by atoms with E-state index in [0.29, 0.717) is 23.9 Å². The third kappa shape index (κ3) is 4.11. The molecule has 6 heteroatoms. The molecular formula is C15H22ClN3OS. The van der Waals surface area contributed by atoms with E-state index in [4.69, 9.17) is 0 Å². The van der Waals surface area contributed by atoms with Crippen LogP contribution >= 0.6 is 24.2 Å². The van der Waals surface area contributed by atoms with Gasteiger partial charge in [0.25, 0.3) is 0 Å². The zero-order valence-corrected chi connectivity index (χ0v) is 13.8. The Morgan fingerprint density at radius 2 is 1.95 bits per heavy atom. The summed E-state index contributed by atoms with van der Waals surface area (Å²) >= 11 is 1.59. The van der Waals surface area contributed by atoms with Gasteiger partial charge in [-0.05, 0) is 37.8 Å². The summed E-state index contributed by atoms with van der Waals surface area (Å²) in [6.45, 7) is 0. The van der Waals surface area contributed by atoms with Gasteiger partial charge >= 0.3 is 0 Å². The van der Waals surface area contributed by atoms with Crippen molar-refractivity contribution >= 4 is 30.1 Å². The molecule has 3 rings (SSSR count). The van der Waals surface area contributed by atoms with E-state index >= 15 is 0 Å². The van der Waals surface area contributed by atoms with Crippen LogP contribution in [0.4, 0.5) is 0 Å². The first kappa shape index (κ1) is 16.6. The number of halogens is 1. The normalized spacial score (nSPS) is 27.0. The minimum atomic E-state index is 0. The molecule has 2 unspecified atom stereocenters.